The lowest BCUT2D eigenvalue weighted by Gasteiger charge is -1.98. The van der Waals surface area contributed by atoms with E-state index in [0.717, 1.165) is 5.69 Å². The van der Waals surface area contributed by atoms with Crippen LogP contribution in [0.2, 0.25) is 0 Å². The molecule has 0 unspecified atom stereocenters. The zero-order valence-electron chi connectivity index (χ0n) is 10.3. The highest BCUT2D eigenvalue weighted by Gasteiger charge is 1.98. The molecule has 1 heterocycles. The van der Waals surface area contributed by atoms with Crippen LogP contribution in [0.1, 0.15) is 0 Å². The van der Waals surface area contributed by atoms with Crippen LogP contribution >= 0.6 is 24.0 Å². The van der Waals surface area contributed by atoms with Gasteiger partial charge in [-0.05, 0) is 24.3 Å². The third-order valence-electron chi connectivity index (χ3n) is 1.95. The molecule has 19 heavy (non-hydrogen) atoms. The normalized spacial score (nSPS) is 9.37. The molecule has 5 nitrogen and oxygen atoms in total. The van der Waals surface area contributed by atoms with E-state index in [1.54, 1.807) is 12.1 Å². The number of nitrogens with zero attached hydrogens (tertiary/aromatic N) is 3. The molecule has 0 aliphatic rings. The van der Waals surface area contributed by atoms with Gasteiger partial charge in [-0.25, -0.2) is 4.98 Å². The molecule has 2 rings (SSSR count). The van der Waals surface area contributed by atoms with E-state index in [0.29, 0.717) is 11.5 Å². The molecule has 102 valence electrons. The van der Waals surface area contributed by atoms with Crippen LogP contribution in [-0.4, -0.2) is 11.4 Å². The summed E-state index contributed by atoms with van der Waals surface area (Å²) in [5, 5.41) is 8.03. The molecule has 7 heteroatoms. The zero-order chi connectivity index (χ0) is 13.4. The Hall–Kier alpha value is -1.85. The first-order chi connectivity index (χ1) is 8.75. The number of azo groups is 1. The smallest absolute Gasteiger partial charge is 0.153 e. The summed E-state index contributed by atoms with van der Waals surface area (Å²) in [5.41, 5.74) is 12.4. The molecule has 0 saturated carbocycles. The molecule has 0 saturated heterocycles. The maximum Gasteiger partial charge on any atom is 0.153 e. The number of hydrogen-bond donors (Lipinski definition) is 2. The van der Waals surface area contributed by atoms with E-state index < -0.39 is 0 Å². The predicted octanol–water partition coefficient (Wildman–Crippen LogP) is 3.94. The van der Waals surface area contributed by atoms with E-state index in [4.69, 9.17) is 11.5 Å². The van der Waals surface area contributed by atoms with Crippen molar-refractivity contribution in [3.05, 3.63) is 42.5 Å². The summed E-state index contributed by atoms with van der Waals surface area (Å²) >= 11 is 4.64. The lowest BCUT2D eigenvalue weighted by atomic mass is 10.3. The number of aromatic nitrogens is 1. The number of nitrogens with two attached hydrogens (primary N) is 2. The fourth-order valence-corrected chi connectivity index (χ4v) is 1.17. The van der Waals surface area contributed by atoms with Crippen LogP contribution < -0.4 is 11.5 Å². The summed E-state index contributed by atoms with van der Waals surface area (Å²) in [4.78, 5) is 3.89. The van der Waals surface area contributed by atoms with Crippen molar-refractivity contribution < 1.29 is 0 Å². The van der Waals surface area contributed by atoms with Crippen molar-refractivity contribution in [2.75, 3.05) is 17.9 Å². The quantitative estimate of drug-likeness (QED) is 0.650. The first kappa shape index (κ1) is 17.2. The van der Waals surface area contributed by atoms with Crippen molar-refractivity contribution in [1.29, 1.82) is 0 Å². The second-order valence-electron chi connectivity index (χ2n) is 3.18. The average Bonchev–Trinajstić information content (AvgIpc) is 2.41. The van der Waals surface area contributed by atoms with E-state index >= 15 is 0 Å². The number of rotatable bonds is 2. The summed E-state index contributed by atoms with van der Waals surface area (Å²) < 4.78 is 0. The molecule has 0 fully saturated rings. The van der Waals surface area contributed by atoms with Gasteiger partial charge < -0.3 is 11.5 Å². The van der Waals surface area contributed by atoms with Crippen LogP contribution in [0, 0.1) is 0 Å². The van der Waals surface area contributed by atoms with Crippen LogP contribution in [0.5, 0.6) is 0 Å². The van der Waals surface area contributed by atoms with Gasteiger partial charge in [0.1, 0.15) is 11.5 Å². The topological polar surface area (TPSA) is 89.6 Å². The largest absolute Gasteiger partial charge is 0.384 e. The second-order valence-corrected chi connectivity index (χ2v) is 3.18. The van der Waals surface area contributed by atoms with E-state index in [1.165, 1.54) is 6.38 Å². The van der Waals surface area contributed by atoms with E-state index in [2.05, 4.69) is 26.8 Å². The lowest BCUT2D eigenvalue weighted by molar-refractivity contribution is 1.21. The van der Waals surface area contributed by atoms with Crippen molar-refractivity contribution in [3.63, 3.8) is 0 Å². The molecule has 0 amide bonds. The van der Waals surface area contributed by atoms with Gasteiger partial charge in [-0.2, -0.15) is 5.11 Å². The van der Waals surface area contributed by atoms with Gasteiger partial charge in [0.15, 0.2) is 5.82 Å². The van der Waals surface area contributed by atoms with Gasteiger partial charge in [0.05, 0.1) is 5.69 Å². The Bertz CT molecular complexity index is 517. The molecule has 4 N–H and O–H groups in total. The fraction of sp³-hybridized carbons (Fsp3) is 0.0833. The standard InChI is InChI=1S/C11H11N5.CH3Cl.ClH/c12-10-7-6-9(11(13)14-10)16-15-8-4-2-1-3-5-8;1-2;/h1-7H,(H4,12,13,14);1H3;1H/b16-15+;;. The number of halogens is 2. The molecule has 0 radical (unpaired) electrons. The maximum atomic E-state index is 5.64. The van der Waals surface area contributed by atoms with Crippen molar-refractivity contribution in [2.45, 2.75) is 0 Å². The zero-order valence-corrected chi connectivity index (χ0v) is 11.9. The maximum absolute atomic E-state index is 5.64. The van der Waals surface area contributed by atoms with E-state index in [1.807, 2.05) is 30.3 Å². The number of benzene rings is 1. The molecular weight excluding hydrogens is 285 g/mol. The number of hydrogen-bond acceptors (Lipinski definition) is 5. The van der Waals surface area contributed by atoms with E-state index in [-0.39, 0.29) is 18.2 Å². The Morgan fingerprint density at radius 1 is 0.947 bits per heavy atom. The number of nitrogen functional groups attached to an aromatic ring is 2. The van der Waals surface area contributed by atoms with Crippen LogP contribution in [0.15, 0.2) is 52.7 Å². The van der Waals surface area contributed by atoms with Gasteiger partial charge in [-0.3, -0.25) is 0 Å². The van der Waals surface area contributed by atoms with Crippen molar-refractivity contribution in [1.82, 2.24) is 4.98 Å². The highest BCUT2D eigenvalue weighted by atomic mass is 35.5. The molecule has 0 aliphatic carbocycles. The average molecular weight is 300 g/mol. The van der Waals surface area contributed by atoms with Crippen molar-refractivity contribution in [3.8, 4) is 0 Å². The second kappa shape index (κ2) is 9.13. The Morgan fingerprint density at radius 3 is 2.16 bits per heavy atom. The van der Waals surface area contributed by atoms with Gasteiger partial charge >= 0.3 is 0 Å². The molecule has 0 spiro atoms. The van der Waals surface area contributed by atoms with Gasteiger partial charge in [-0.15, -0.1) is 29.1 Å². The Labute approximate surface area is 123 Å². The highest BCUT2D eigenvalue weighted by Crippen LogP contribution is 2.23. The summed E-state index contributed by atoms with van der Waals surface area (Å²) in [6.45, 7) is 0. The first-order valence-corrected chi connectivity index (χ1v) is 5.88. The van der Waals surface area contributed by atoms with Crippen molar-refractivity contribution in [2.24, 2.45) is 10.2 Å². The van der Waals surface area contributed by atoms with Gasteiger partial charge in [0.25, 0.3) is 0 Å². The third kappa shape index (κ3) is 5.54. The third-order valence-corrected chi connectivity index (χ3v) is 1.95. The van der Waals surface area contributed by atoms with Crippen LogP contribution in [-0.2, 0) is 0 Å². The lowest BCUT2D eigenvalue weighted by Crippen LogP contribution is -1.95. The van der Waals surface area contributed by atoms with Crippen LogP contribution in [0.25, 0.3) is 0 Å². The molecular formula is C12H15Cl2N5. The number of alkyl halides is 1. The molecule has 1 aromatic carbocycles. The van der Waals surface area contributed by atoms with Gasteiger partial charge in [0, 0.05) is 6.38 Å². The van der Waals surface area contributed by atoms with Gasteiger partial charge in [-0.1, -0.05) is 18.2 Å². The Kier molecular flexibility index (Phi) is 8.24. The SMILES string of the molecule is CCl.Cl.Nc1ccc(/N=N/c2ccccc2)c(N)n1. The summed E-state index contributed by atoms with van der Waals surface area (Å²) in [6, 6.07) is 12.7. The van der Waals surface area contributed by atoms with Crippen molar-refractivity contribution >= 4 is 47.0 Å². The summed E-state index contributed by atoms with van der Waals surface area (Å²) in [7, 11) is 0. The van der Waals surface area contributed by atoms with Crippen LogP contribution in [0.3, 0.4) is 0 Å². The monoisotopic (exact) mass is 299 g/mol. The summed E-state index contributed by atoms with van der Waals surface area (Å²) in [6.07, 6.45) is 1.47. The van der Waals surface area contributed by atoms with E-state index in [9.17, 15) is 0 Å². The highest BCUT2D eigenvalue weighted by molar-refractivity contribution is 6.15. The molecule has 0 aliphatic heterocycles. The molecule has 0 atom stereocenters. The molecule has 1 aromatic heterocycles. The fourth-order valence-electron chi connectivity index (χ4n) is 1.17. The minimum Gasteiger partial charge on any atom is -0.384 e. The van der Waals surface area contributed by atoms with Crippen LogP contribution in [0.4, 0.5) is 23.0 Å². The Morgan fingerprint density at radius 2 is 1.58 bits per heavy atom. The minimum atomic E-state index is 0. The molecule has 0 bridgehead atoms. The summed E-state index contributed by atoms with van der Waals surface area (Å²) in [5.74, 6) is 0.649. The Balaban J connectivity index is 0.00000103. The predicted molar refractivity (Wildman–Crippen MR) is 82.7 cm³/mol. The number of pyridine rings is 1. The first-order valence-electron chi connectivity index (χ1n) is 5.12. The molecule has 2 aromatic rings. The van der Waals surface area contributed by atoms with Gasteiger partial charge in [0.2, 0.25) is 0 Å². The number of anilines is 2. The minimum absolute atomic E-state index is 0.